The predicted octanol–water partition coefficient (Wildman–Crippen LogP) is 4.21. The van der Waals surface area contributed by atoms with Crippen LogP contribution in [0.1, 0.15) is 46.3 Å². The molecule has 0 radical (unpaired) electrons. The highest BCUT2D eigenvalue weighted by atomic mass is 16.4. The lowest BCUT2D eigenvalue weighted by Crippen LogP contribution is -1.96. The first-order valence-electron chi connectivity index (χ1n) is 7.50. The molecule has 3 heteroatoms. The van der Waals surface area contributed by atoms with Crippen LogP contribution in [0.15, 0.2) is 48.5 Å². The zero-order valence-electron chi connectivity index (χ0n) is 12.5. The molecule has 0 fully saturated rings. The predicted molar refractivity (Wildman–Crippen MR) is 85.8 cm³/mol. The van der Waals surface area contributed by atoms with Crippen molar-refractivity contribution in [1.29, 1.82) is 5.26 Å². The number of rotatable bonds is 7. The van der Waals surface area contributed by atoms with E-state index in [1.807, 2.05) is 36.4 Å². The van der Waals surface area contributed by atoms with Crippen LogP contribution < -0.4 is 0 Å². The topological polar surface area (TPSA) is 61.1 Å². The van der Waals surface area contributed by atoms with Gasteiger partial charge >= 0.3 is 5.97 Å². The molecule has 2 aromatic rings. The lowest BCUT2D eigenvalue weighted by Gasteiger charge is -2.04. The Hall–Kier alpha value is -2.60. The summed E-state index contributed by atoms with van der Waals surface area (Å²) >= 11 is 0. The molecule has 0 aliphatic carbocycles. The van der Waals surface area contributed by atoms with Gasteiger partial charge in [0.1, 0.15) is 0 Å². The van der Waals surface area contributed by atoms with Crippen molar-refractivity contribution in [3.8, 4) is 6.07 Å². The maximum Gasteiger partial charge on any atom is 0.335 e. The highest BCUT2D eigenvalue weighted by molar-refractivity contribution is 5.87. The fourth-order valence-corrected chi connectivity index (χ4v) is 2.39. The van der Waals surface area contributed by atoms with Crippen LogP contribution in [-0.2, 0) is 12.8 Å². The first kappa shape index (κ1) is 15.8. The molecular formula is C19H19NO2. The molecule has 0 aromatic heterocycles. The molecule has 0 atom stereocenters. The number of carboxylic acids is 1. The molecule has 0 saturated carbocycles. The molecular weight excluding hydrogens is 274 g/mol. The Labute approximate surface area is 130 Å². The summed E-state index contributed by atoms with van der Waals surface area (Å²) < 4.78 is 0. The van der Waals surface area contributed by atoms with Gasteiger partial charge in [-0.25, -0.2) is 4.79 Å². The summed E-state index contributed by atoms with van der Waals surface area (Å²) in [5.41, 5.74) is 3.49. The summed E-state index contributed by atoms with van der Waals surface area (Å²) in [4.78, 5) is 10.8. The van der Waals surface area contributed by atoms with Gasteiger partial charge in [-0.3, -0.25) is 0 Å². The van der Waals surface area contributed by atoms with Crippen LogP contribution in [0.5, 0.6) is 0 Å². The van der Waals surface area contributed by atoms with Gasteiger partial charge in [-0.05, 0) is 61.1 Å². The summed E-state index contributed by atoms with van der Waals surface area (Å²) in [6.45, 7) is 0. The summed E-state index contributed by atoms with van der Waals surface area (Å²) in [5, 5.41) is 17.6. The second-order valence-electron chi connectivity index (χ2n) is 5.37. The van der Waals surface area contributed by atoms with Crippen LogP contribution in [-0.4, -0.2) is 11.1 Å². The Bertz CT molecular complexity index is 651. The molecule has 0 aliphatic rings. The first-order chi connectivity index (χ1) is 10.7. The van der Waals surface area contributed by atoms with Crippen molar-refractivity contribution in [2.24, 2.45) is 0 Å². The quantitative estimate of drug-likeness (QED) is 0.778. The van der Waals surface area contributed by atoms with Gasteiger partial charge in [-0.2, -0.15) is 5.26 Å². The standard InChI is InChI=1S/C19H19NO2/c20-14-17-8-6-15(7-9-17)4-2-1-3-5-16-10-12-18(13-11-16)19(21)22/h6-13H,1-5H2,(H,21,22). The van der Waals surface area contributed by atoms with Gasteiger partial charge in [0.15, 0.2) is 0 Å². The molecule has 0 amide bonds. The van der Waals surface area contributed by atoms with E-state index in [0.29, 0.717) is 11.1 Å². The van der Waals surface area contributed by atoms with Crippen molar-refractivity contribution in [3.63, 3.8) is 0 Å². The van der Waals surface area contributed by atoms with Crippen molar-refractivity contribution < 1.29 is 9.90 Å². The molecule has 0 saturated heterocycles. The third kappa shape index (κ3) is 4.75. The van der Waals surface area contributed by atoms with E-state index < -0.39 is 5.97 Å². The largest absolute Gasteiger partial charge is 0.478 e. The Balaban J connectivity index is 1.68. The second-order valence-corrected chi connectivity index (χ2v) is 5.37. The average molecular weight is 293 g/mol. The van der Waals surface area contributed by atoms with Gasteiger partial charge in [-0.1, -0.05) is 30.7 Å². The van der Waals surface area contributed by atoms with E-state index in [1.165, 1.54) is 11.1 Å². The smallest absolute Gasteiger partial charge is 0.335 e. The maximum atomic E-state index is 10.8. The number of benzene rings is 2. The van der Waals surface area contributed by atoms with Crippen molar-refractivity contribution in [1.82, 2.24) is 0 Å². The van der Waals surface area contributed by atoms with Gasteiger partial charge in [0.25, 0.3) is 0 Å². The number of aromatic carboxylic acids is 1. The van der Waals surface area contributed by atoms with Gasteiger partial charge in [0.05, 0.1) is 17.2 Å². The van der Waals surface area contributed by atoms with E-state index in [1.54, 1.807) is 12.1 Å². The maximum absolute atomic E-state index is 10.8. The number of hydrogen-bond acceptors (Lipinski definition) is 2. The molecule has 0 aliphatic heterocycles. The Morgan fingerprint density at radius 1 is 0.864 bits per heavy atom. The van der Waals surface area contributed by atoms with Crippen LogP contribution in [0.2, 0.25) is 0 Å². The summed E-state index contributed by atoms with van der Waals surface area (Å²) in [6.07, 6.45) is 5.37. The van der Waals surface area contributed by atoms with Crippen molar-refractivity contribution in [2.45, 2.75) is 32.1 Å². The van der Waals surface area contributed by atoms with Gasteiger partial charge < -0.3 is 5.11 Å². The Morgan fingerprint density at radius 3 is 1.82 bits per heavy atom. The number of carboxylic acid groups (broad SMARTS) is 1. The van der Waals surface area contributed by atoms with Gasteiger partial charge in [0, 0.05) is 0 Å². The highest BCUT2D eigenvalue weighted by Crippen LogP contribution is 2.12. The van der Waals surface area contributed by atoms with Crippen LogP contribution in [0, 0.1) is 11.3 Å². The number of carbonyl (C=O) groups is 1. The molecule has 0 spiro atoms. The third-order valence-electron chi connectivity index (χ3n) is 3.71. The van der Waals surface area contributed by atoms with Crippen LogP contribution in [0.3, 0.4) is 0 Å². The normalized spacial score (nSPS) is 10.1. The zero-order chi connectivity index (χ0) is 15.8. The first-order valence-corrected chi connectivity index (χ1v) is 7.50. The SMILES string of the molecule is N#Cc1ccc(CCCCCc2ccc(C(=O)O)cc2)cc1. The average Bonchev–Trinajstić information content (AvgIpc) is 2.55. The minimum Gasteiger partial charge on any atom is -0.478 e. The second kappa shape index (κ2) is 7.99. The van der Waals surface area contributed by atoms with Crippen LogP contribution in [0.25, 0.3) is 0 Å². The Morgan fingerprint density at radius 2 is 1.36 bits per heavy atom. The molecule has 0 bridgehead atoms. The number of hydrogen-bond donors (Lipinski definition) is 1. The van der Waals surface area contributed by atoms with E-state index >= 15 is 0 Å². The monoisotopic (exact) mass is 293 g/mol. The fraction of sp³-hybridized carbons (Fsp3) is 0.263. The lowest BCUT2D eigenvalue weighted by atomic mass is 10.0. The van der Waals surface area contributed by atoms with Crippen molar-refractivity contribution in [3.05, 3.63) is 70.8 Å². The van der Waals surface area contributed by atoms with Gasteiger partial charge in [-0.15, -0.1) is 0 Å². The molecule has 3 nitrogen and oxygen atoms in total. The molecule has 1 N–H and O–H groups in total. The van der Waals surface area contributed by atoms with E-state index in [9.17, 15) is 4.79 Å². The van der Waals surface area contributed by atoms with Crippen LogP contribution in [0.4, 0.5) is 0 Å². The number of aryl methyl sites for hydroxylation is 2. The minimum absolute atomic E-state index is 0.338. The summed E-state index contributed by atoms with van der Waals surface area (Å²) in [7, 11) is 0. The number of nitrogens with zero attached hydrogens (tertiary/aromatic N) is 1. The van der Waals surface area contributed by atoms with Crippen molar-refractivity contribution >= 4 is 5.97 Å². The molecule has 0 unspecified atom stereocenters. The van der Waals surface area contributed by atoms with Gasteiger partial charge in [0.2, 0.25) is 0 Å². The van der Waals surface area contributed by atoms with Crippen molar-refractivity contribution in [2.75, 3.05) is 0 Å². The van der Waals surface area contributed by atoms with E-state index in [0.717, 1.165) is 32.1 Å². The minimum atomic E-state index is -0.881. The van der Waals surface area contributed by atoms with E-state index in [4.69, 9.17) is 10.4 Å². The highest BCUT2D eigenvalue weighted by Gasteiger charge is 2.01. The fourth-order valence-electron chi connectivity index (χ4n) is 2.39. The number of nitriles is 1. The molecule has 112 valence electrons. The van der Waals surface area contributed by atoms with E-state index in [-0.39, 0.29) is 0 Å². The molecule has 2 rings (SSSR count). The Kier molecular flexibility index (Phi) is 5.73. The molecule has 2 aromatic carbocycles. The van der Waals surface area contributed by atoms with Crippen LogP contribution >= 0.6 is 0 Å². The molecule has 0 heterocycles. The van der Waals surface area contributed by atoms with E-state index in [2.05, 4.69) is 6.07 Å². The number of unbranched alkanes of at least 4 members (excludes halogenated alkanes) is 2. The third-order valence-corrected chi connectivity index (χ3v) is 3.71. The lowest BCUT2D eigenvalue weighted by molar-refractivity contribution is 0.0697. The summed E-state index contributed by atoms with van der Waals surface area (Å²) in [6, 6.07) is 17.0. The summed E-state index contributed by atoms with van der Waals surface area (Å²) in [5.74, 6) is -0.881. The molecule has 22 heavy (non-hydrogen) atoms. The zero-order valence-corrected chi connectivity index (χ0v) is 12.5.